The van der Waals surface area contributed by atoms with Crippen LogP contribution in [0.25, 0.3) is 11.0 Å². The maximum Gasteiger partial charge on any atom is 0.191 e. The van der Waals surface area contributed by atoms with Gasteiger partial charge in [0, 0.05) is 45.3 Å². The lowest BCUT2D eigenvalue weighted by Gasteiger charge is -2.20. The molecule has 6 nitrogen and oxygen atoms in total. The Labute approximate surface area is 155 Å². The maximum atomic E-state index is 4.64. The Balaban J connectivity index is 1.32. The summed E-state index contributed by atoms with van der Waals surface area (Å²) < 4.78 is 2.27. The van der Waals surface area contributed by atoms with Crippen LogP contribution in [0.2, 0.25) is 0 Å². The number of aryl methyl sites for hydroxylation is 1. The number of hydrogen-bond donors (Lipinski definition) is 2. The van der Waals surface area contributed by atoms with E-state index in [0.29, 0.717) is 12.0 Å². The van der Waals surface area contributed by atoms with Crippen LogP contribution in [0, 0.1) is 12.8 Å². The van der Waals surface area contributed by atoms with Gasteiger partial charge in [0.05, 0.1) is 11.0 Å². The lowest BCUT2D eigenvalue weighted by molar-refractivity contribution is 0.315. The molecule has 6 heteroatoms. The average molecular weight is 355 g/mol. The number of aromatic nitrogens is 2. The zero-order valence-corrected chi connectivity index (χ0v) is 16.1. The van der Waals surface area contributed by atoms with E-state index >= 15 is 0 Å². The van der Waals surface area contributed by atoms with Gasteiger partial charge in [-0.05, 0) is 37.8 Å². The molecule has 1 aromatic carbocycles. The number of rotatable bonds is 5. The summed E-state index contributed by atoms with van der Waals surface area (Å²) in [5.41, 5.74) is 2.26. The van der Waals surface area contributed by atoms with Crippen molar-refractivity contribution in [3.63, 3.8) is 0 Å². The molecule has 2 heterocycles. The molecule has 2 atom stereocenters. The lowest BCUT2D eigenvalue weighted by atomic mass is 10.1. The van der Waals surface area contributed by atoms with E-state index in [-0.39, 0.29) is 0 Å². The van der Waals surface area contributed by atoms with Gasteiger partial charge in [-0.25, -0.2) is 4.98 Å². The summed E-state index contributed by atoms with van der Waals surface area (Å²) in [5.74, 6) is 2.62. The van der Waals surface area contributed by atoms with Crippen LogP contribution in [0.1, 0.15) is 25.6 Å². The number of nitrogens with one attached hydrogen (secondary N) is 2. The summed E-state index contributed by atoms with van der Waals surface area (Å²) in [6, 6.07) is 9.64. The number of aliphatic imine (C=N–C) groups is 1. The van der Waals surface area contributed by atoms with E-state index in [4.69, 9.17) is 0 Å². The van der Waals surface area contributed by atoms with Crippen molar-refractivity contribution in [1.29, 1.82) is 0 Å². The molecule has 26 heavy (non-hydrogen) atoms. The fourth-order valence-electron chi connectivity index (χ4n) is 4.06. The van der Waals surface area contributed by atoms with Crippen molar-refractivity contribution in [1.82, 2.24) is 25.1 Å². The molecule has 0 amide bonds. The van der Waals surface area contributed by atoms with Crippen molar-refractivity contribution in [2.45, 2.75) is 45.3 Å². The van der Waals surface area contributed by atoms with Crippen molar-refractivity contribution in [2.75, 3.05) is 26.7 Å². The van der Waals surface area contributed by atoms with E-state index < -0.39 is 0 Å². The zero-order valence-electron chi connectivity index (χ0n) is 16.1. The summed E-state index contributed by atoms with van der Waals surface area (Å²) in [7, 11) is 1.85. The molecule has 140 valence electrons. The highest BCUT2D eigenvalue weighted by molar-refractivity contribution is 5.80. The van der Waals surface area contributed by atoms with Gasteiger partial charge in [0.2, 0.25) is 0 Å². The third-order valence-corrected chi connectivity index (χ3v) is 5.72. The molecular weight excluding hydrogens is 324 g/mol. The molecule has 1 aliphatic carbocycles. The zero-order chi connectivity index (χ0) is 18.1. The van der Waals surface area contributed by atoms with Crippen molar-refractivity contribution in [2.24, 2.45) is 10.9 Å². The first-order valence-corrected chi connectivity index (χ1v) is 9.79. The second kappa shape index (κ2) is 7.27. The molecule has 2 N–H and O–H groups in total. The SMILES string of the molecule is CN=C(NCCn1c(C)nc2ccccc21)NC1CN(C2CC2)CC1C. The molecule has 0 spiro atoms. The van der Waals surface area contributed by atoms with Crippen LogP contribution in [0.5, 0.6) is 0 Å². The normalized spacial score (nSPS) is 24.3. The number of para-hydroxylation sites is 2. The first kappa shape index (κ1) is 17.3. The third-order valence-electron chi connectivity index (χ3n) is 5.72. The van der Waals surface area contributed by atoms with Gasteiger partial charge < -0.3 is 15.2 Å². The summed E-state index contributed by atoms with van der Waals surface area (Å²) in [6.07, 6.45) is 2.76. The Bertz CT molecular complexity index is 791. The van der Waals surface area contributed by atoms with Crippen LogP contribution in [0.15, 0.2) is 29.3 Å². The van der Waals surface area contributed by atoms with Gasteiger partial charge in [0.15, 0.2) is 5.96 Å². The Kier molecular flexibility index (Phi) is 4.85. The quantitative estimate of drug-likeness (QED) is 0.637. The fraction of sp³-hybridized carbons (Fsp3) is 0.600. The minimum Gasteiger partial charge on any atom is -0.355 e. The lowest BCUT2D eigenvalue weighted by Crippen LogP contribution is -2.47. The molecular formula is C20H30N6. The molecule has 1 aliphatic heterocycles. The van der Waals surface area contributed by atoms with Crippen molar-refractivity contribution >= 4 is 17.0 Å². The Morgan fingerprint density at radius 2 is 2.08 bits per heavy atom. The molecule has 2 aromatic rings. The number of likely N-dealkylation sites (tertiary alicyclic amines) is 1. The summed E-state index contributed by atoms with van der Waals surface area (Å²) >= 11 is 0. The minimum absolute atomic E-state index is 0.484. The molecule has 1 saturated carbocycles. The van der Waals surface area contributed by atoms with Crippen molar-refractivity contribution < 1.29 is 0 Å². The molecule has 0 radical (unpaired) electrons. The summed E-state index contributed by atoms with van der Waals surface area (Å²) in [4.78, 5) is 11.7. The van der Waals surface area contributed by atoms with Crippen LogP contribution < -0.4 is 10.6 Å². The van der Waals surface area contributed by atoms with Gasteiger partial charge in [-0.1, -0.05) is 19.1 Å². The maximum absolute atomic E-state index is 4.64. The first-order valence-electron chi connectivity index (χ1n) is 9.79. The standard InChI is InChI=1S/C20H30N6/c1-14-12-25(16-8-9-16)13-18(14)24-20(21-3)22-10-11-26-15(2)23-17-6-4-5-7-19(17)26/h4-7,14,16,18H,8-13H2,1-3H3,(H2,21,22,24). The third kappa shape index (κ3) is 3.56. The van der Waals surface area contributed by atoms with Gasteiger partial charge in [-0.2, -0.15) is 0 Å². The van der Waals surface area contributed by atoms with E-state index in [2.05, 4.69) is 62.1 Å². The predicted molar refractivity (Wildman–Crippen MR) is 107 cm³/mol. The van der Waals surface area contributed by atoms with E-state index in [9.17, 15) is 0 Å². The molecule has 0 bridgehead atoms. The van der Waals surface area contributed by atoms with Gasteiger partial charge in [-0.3, -0.25) is 9.89 Å². The van der Waals surface area contributed by atoms with E-state index in [1.807, 2.05) is 13.1 Å². The van der Waals surface area contributed by atoms with E-state index in [0.717, 1.165) is 43.0 Å². The van der Waals surface area contributed by atoms with Crippen LogP contribution in [0.4, 0.5) is 0 Å². The number of guanidine groups is 1. The van der Waals surface area contributed by atoms with Crippen molar-refractivity contribution in [3.05, 3.63) is 30.1 Å². The van der Waals surface area contributed by atoms with Crippen LogP contribution in [0.3, 0.4) is 0 Å². The van der Waals surface area contributed by atoms with Gasteiger partial charge in [-0.15, -0.1) is 0 Å². The average Bonchev–Trinajstić information content (AvgIpc) is 3.36. The van der Waals surface area contributed by atoms with Gasteiger partial charge >= 0.3 is 0 Å². The van der Waals surface area contributed by atoms with Crippen LogP contribution in [-0.2, 0) is 6.54 Å². The minimum atomic E-state index is 0.484. The first-order chi connectivity index (χ1) is 12.7. The van der Waals surface area contributed by atoms with E-state index in [1.165, 1.54) is 24.9 Å². The predicted octanol–water partition coefficient (Wildman–Crippen LogP) is 1.99. The molecule has 1 saturated heterocycles. The molecule has 2 aliphatic rings. The van der Waals surface area contributed by atoms with Crippen molar-refractivity contribution in [3.8, 4) is 0 Å². The van der Waals surface area contributed by atoms with Crippen LogP contribution in [-0.4, -0.2) is 59.2 Å². The second-order valence-corrected chi connectivity index (χ2v) is 7.71. The molecule has 1 aromatic heterocycles. The summed E-state index contributed by atoms with van der Waals surface area (Å²) in [6.45, 7) is 8.46. The van der Waals surface area contributed by atoms with Gasteiger partial charge in [0.1, 0.15) is 5.82 Å². The van der Waals surface area contributed by atoms with E-state index in [1.54, 1.807) is 0 Å². The number of benzene rings is 1. The fourth-order valence-corrected chi connectivity index (χ4v) is 4.06. The molecule has 4 rings (SSSR count). The highest BCUT2D eigenvalue weighted by Crippen LogP contribution is 2.31. The Morgan fingerprint density at radius 1 is 1.27 bits per heavy atom. The largest absolute Gasteiger partial charge is 0.355 e. The number of imidazole rings is 1. The monoisotopic (exact) mass is 354 g/mol. The summed E-state index contributed by atoms with van der Waals surface area (Å²) in [5, 5.41) is 7.11. The highest BCUT2D eigenvalue weighted by Gasteiger charge is 2.38. The highest BCUT2D eigenvalue weighted by atomic mass is 15.3. The molecule has 2 fully saturated rings. The van der Waals surface area contributed by atoms with Gasteiger partial charge in [0.25, 0.3) is 0 Å². The topological polar surface area (TPSA) is 57.5 Å². The Morgan fingerprint density at radius 3 is 2.85 bits per heavy atom. The Hall–Kier alpha value is -2.08. The molecule has 2 unspecified atom stereocenters. The second-order valence-electron chi connectivity index (χ2n) is 7.71. The van der Waals surface area contributed by atoms with Crippen LogP contribution >= 0.6 is 0 Å². The smallest absolute Gasteiger partial charge is 0.191 e. The number of nitrogens with zero attached hydrogens (tertiary/aromatic N) is 4. The number of hydrogen-bond acceptors (Lipinski definition) is 3. The number of fused-ring (bicyclic) bond motifs is 1.